The lowest BCUT2D eigenvalue weighted by atomic mass is 10.1. The number of Topliss-reactive ketones (excluding diaryl/α,β-unsaturated/α-hetero) is 1. The van der Waals surface area contributed by atoms with Crippen LogP contribution in [0.1, 0.15) is 45.4 Å². The third-order valence-corrected chi connectivity index (χ3v) is 4.60. The van der Waals surface area contributed by atoms with Gasteiger partial charge in [0.2, 0.25) is 0 Å². The smallest absolute Gasteiger partial charge is 0.330 e. The van der Waals surface area contributed by atoms with Gasteiger partial charge in [-0.1, -0.05) is 0 Å². The van der Waals surface area contributed by atoms with Crippen LogP contribution in [-0.4, -0.2) is 51.1 Å². The highest BCUT2D eigenvalue weighted by Gasteiger charge is 2.55. The van der Waals surface area contributed by atoms with Crippen LogP contribution < -0.4 is 11.2 Å². The maximum absolute atomic E-state index is 12.3. The quantitative estimate of drug-likeness (QED) is 0.717. The molecule has 0 amide bonds. The van der Waals surface area contributed by atoms with Gasteiger partial charge in [0.25, 0.3) is 5.56 Å². The molecule has 2 aliphatic heterocycles. The molecule has 0 aromatic carbocycles. The van der Waals surface area contributed by atoms with E-state index in [-0.39, 0.29) is 12.4 Å². The molecule has 2 unspecified atom stereocenters. The summed E-state index contributed by atoms with van der Waals surface area (Å²) in [7, 11) is 0. The minimum absolute atomic E-state index is 0.0428. The maximum Gasteiger partial charge on any atom is 0.330 e. The van der Waals surface area contributed by atoms with Gasteiger partial charge < -0.3 is 24.1 Å². The van der Waals surface area contributed by atoms with Crippen molar-refractivity contribution in [3.8, 4) is 0 Å². The topological polar surface area (TPSA) is 120 Å². The fourth-order valence-electron chi connectivity index (χ4n) is 3.45. The molecule has 2 N–H and O–H groups in total. The van der Waals surface area contributed by atoms with Gasteiger partial charge in [0, 0.05) is 18.2 Å². The van der Waals surface area contributed by atoms with Gasteiger partial charge in [-0.2, -0.15) is 0 Å². The highest BCUT2D eigenvalue weighted by molar-refractivity contribution is 5.75. The summed E-state index contributed by atoms with van der Waals surface area (Å²) in [4.78, 5) is 37.7. The molecule has 2 aliphatic rings. The Morgan fingerprint density at radius 1 is 1.31 bits per heavy atom. The van der Waals surface area contributed by atoms with Gasteiger partial charge in [-0.3, -0.25) is 14.3 Å². The number of aryl methyl sites for hydroxylation is 1. The highest BCUT2D eigenvalue weighted by Crippen LogP contribution is 2.42. The fraction of sp³-hybridized carbons (Fsp3) is 0.706. The van der Waals surface area contributed by atoms with Crippen LogP contribution in [0.25, 0.3) is 0 Å². The summed E-state index contributed by atoms with van der Waals surface area (Å²) in [6.45, 7) is 4.71. The van der Waals surface area contributed by atoms with Crippen molar-refractivity contribution in [2.75, 3.05) is 6.61 Å². The van der Waals surface area contributed by atoms with E-state index in [0.717, 1.165) is 0 Å². The van der Waals surface area contributed by atoms with Gasteiger partial charge in [-0.25, -0.2) is 4.79 Å². The first-order valence-electron chi connectivity index (χ1n) is 8.67. The number of carbonyl (C=O) groups is 1. The number of rotatable bonds is 6. The van der Waals surface area contributed by atoms with Crippen molar-refractivity contribution >= 4 is 5.78 Å². The number of carbonyl (C=O) groups excluding carboxylic acids is 1. The normalized spacial score (nSPS) is 29.7. The number of ketones is 1. The summed E-state index contributed by atoms with van der Waals surface area (Å²) >= 11 is 0. The van der Waals surface area contributed by atoms with Gasteiger partial charge in [0.15, 0.2) is 12.0 Å². The fourth-order valence-corrected chi connectivity index (χ4v) is 3.45. The van der Waals surface area contributed by atoms with Crippen molar-refractivity contribution in [2.45, 2.75) is 70.4 Å². The number of aromatic nitrogens is 2. The van der Waals surface area contributed by atoms with E-state index in [1.54, 1.807) is 13.8 Å². The summed E-state index contributed by atoms with van der Waals surface area (Å²) in [5, 5.41) is 9.55. The number of hydrogen-bond acceptors (Lipinski definition) is 7. The lowest BCUT2D eigenvalue weighted by Gasteiger charge is -2.24. The first-order valence-corrected chi connectivity index (χ1v) is 8.67. The van der Waals surface area contributed by atoms with Crippen molar-refractivity contribution in [1.29, 1.82) is 0 Å². The second kappa shape index (κ2) is 7.07. The number of aliphatic hydroxyl groups excluding tert-OH is 1. The van der Waals surface area contributed by atoms with Crippen LogP contribution >= 0.6 is 0 Å². The van der Waals surface area contributed by atoms with E-state index in [1.807, 2.05) is 0 Å². The number of fused-ring (bicyclic) bond motifs is 1. The van der Waals surface area contributed by atoms with Crippen molar-refractivity contribution in [3.05, 3.63) is 32.6 Å². The Labute approximate surface area is 149 Å². The number of H-pyrrole nitrogens is 1. The summed E-state index contributed by atoms with van der Waals surface area (Å²) < 4.78 is 18.7. The summed E-state index contributed by atoms with van der Waals surface area (Å²) in [5.74, 6) is -0.817. The Kier molecular flexibility index (Phi) is 5.16. The molecule has 3 rings (SSSR count). The lowest BCUT2D eigenvalue weighted by Crippen LogP contribution is -2.38. The Morgan fingerprint density at radius 2 is 2.00 bits per heavy atom. The van der Waals surface area contributed by atoms with Crippen molar-refractivity contribution in [1.82, 2.24) is 9.55 Å². The van der Waals surface area contributed by atoms with Crippen LogP contribution in [0.15, 0.2) is 15.8 Å². The van der Waals surface area contributed by atoms with Gasteiger partial charge in [0.1, 0.15) is 24.1 Å². The van der Waals surface area contributed by atoms with E-state index in [9.17, 15) is 19.5 Å². The molecular weight excluding hydrogens is 344 g/mol. The second-order valence-corrected chi connectivity index (χ2v) is 7.19. The third kappa shape index (κ3) is 3.66. The zero-order valence-electron chi connectivity index (χ0n) is 15.1. The van der Waals surface area contributed by atoms with Gasteiger partial charge >= 0.3 is 5.69 Å². The second-order valence-electron chi connectivity index (χ2n) is 7.19. The number of nitrogens with zero attached hydrogens (tertiary/aromatic N) is 1. The van der Waals surface area contributed by atoms with E-state index in [1.165, 1.54) is 17.7 Å². The molecule has 2 fully saturated rings. The van der Waals surface area contributed by atoms with Gasteiger partial charge in [0.05, 0.1) is 6.61 Å². The molecule has 0 aliphatic carbocycles. The van der Waals surface area contributed by atoms with Crippen molar-refractivity contribution < 1.29 is 24.1 Å². The van der Waals surface area contributed by atoms with Crippen LogP contribution in [0.4, 0.5) is 0 Å². The Morgan fingerprint density at radius 3 is 2.65 bits per heavy atom. The van der Waals surface area contributed by atoms with Crippen LogP contribution in [0, 0.1) is 0 Å². The molecule has 3 heterocycles. The molecule has 144 valence electrons. The minimum atomic E-state index is -0.860. The largest absolute Gasteiger partial charge is 0.394 e. The van der Waals surface area contributed by atoms with Crippen LogP contribution in [0.5, 0.6) is 0 Å². The number of hydrogen-bond donors (Lipinski definition) is 2. The molecule has 1 aromatic heterocycles. The Hall–Kier alpha value is -1.81. The standard InChI is InChI=1S/C17H24N2O7/c1-9(21)5-4-6-10-7-19(16(23)18-14(10)22)15-13-12(11(8-20)24-15)25-17(2,3)26-13/h7,11-13,15,20H,4-6,8H2,1-3H3,(H,18,22,23)/t11-,12?,13?,15-/m1/s1. The molecule has 9 heteroatoms. The molecule has 0 spiro atoms. The molecule has 2 saturated heterocycles. The highest BCUT2D eigenvalue weighted by atomic mass is 16.8. The van der Waals surface area contributed by atoms with Crippen LogP contribution in [0.3, 0.4) is 0 Å². The maximum atomic E-state index is 12.3. The van der Waals surface area contributed by atoms with E-state index in [4.69, 9.17) is 14.2 Å². The SMILES string of the molecule is CC(=O)CCCc1cn([C@@H]2O[C@H](CO)C3OC(C)(C)OC32)c(=O)[nH]c1=O. The number of nitrogens with one attached hydrogen (secondary N) is 1. The number of aliphatic hydroxyl groups is 1. The molecule has 0 saturated carbocycles. The molecule has 26 heavy (non-hydrogen) atoms. The average Bonchev–Trinajstić information content (AvgIpc) is 3.02. The molecule has 1 aromatic rings. The van der Waals surface area contributed by atoms with Crippen molar-refractivity contribution in [2.24, 2.45) is 0 Å². The van der Waals surface area contributed by atoms with E-state index >= 15 is 0 Å². The Balaban J connectivity index is 1.89. The predicted molar refractivity (Wildman–Crippen MR) is 89.8 cm³/mol. The zero-order valence-corrected chi connectivity index (χ0v) is 15.1. The monoisotopic (exact) mass is 368 g/mol. The average molecular weight is 368 g/mol. The van der Waals surface area contributed by atoms with Gasteiger partial charge in [-0.15, -0.1) is 0 Å². The number of aromatic amines is 1. The van der Waals surface area contributed by atoms with Crippen molar-refractivity contribution in [3.63, 3.8) is 0 Å². The first kappa shape index (κ1) is 19.0. The molecule has 4 atom stereocenters. The van der Waals surface area contributed by atoms with E-state index < -0.39 is 41.6 Å². The minimum Gasteiger partial charge on any atom is -0.394 e. The predicted octanol–water partition coefficient (Wildman–Crippen LogP) is -0.142. The molecule has 0 radical (unpaired) electrons. The Bertz CT molecular complexity index is 797. The summed E-state index contributed by atoms with van der Waals surface area (Å²) in [6.07, 6.45) is 0.123. The van der Waals surface area contributed by atoms with E-state index in [2.05, 4.69) is 4.98 Å². The van der Waals surface area contributed by atoms with Crippen LogP contribution in [0.2, 0.25) is 0 Å². The molecule has 9 nitrogen and oxygen atoms in total. The number of ether oxygens (including phenoxy) is 3. The lowest BCUT2D eigenvalue weighted by molar-refractivity contribution is -0.200. The zero-order chi connectivity index (χ0) is 19.1. The summed E-state index contributed by atoms with van der Waals surface area (Å²) in [5.41, 5.74) is -0.718. The third-order valence-electron chi connectivity index (χ3n) is 4.60. The van der Waals surface area contributed by atoms with Crippen LogP contribution in [-0.2, 0) is 25.4 Å². The van der Waals surface area contributed by atoms with Gasteiger partial charge in [-0.05, 0) is 33.6 Å². The molecule has 0 bridgehead atoms. The first-order chi connectivity index (χ1) is 12.2. The summed E-state index contributed by atoms with van der Waals surface area (Å²) in [6, 6.07) is 0. The van der Waals surface area contributed by atoms with E-state index in [0.29, 0.717) is 24.8 Å². The molecular formula is C17H24N2O7.